The minimum absolute atomic E-state index is 0.174. The van der Waals surface area contributed by atoms with Gasteiger partial charge in [0, 0.05) is 5.56 Å². The fourth-order valence-electron chi connectivity index (χ4n) is 1.58. The maximum Gasteiger partial charge on any atom is 0.130 e. The molecule has 1 aromatic rings. The standard InChI is InChI=1S/C12H21ClN2/c1-7-10-8(2)14-15(11(10)13)9(3)12(4,5)6/h9H,7H2,1-6H3. The van der Waals surface area contributed by atoms with Crippen molar-refractivity contribution in [1.82, 2.24) is 9.78 Å². The number of nitrogens with zero attached hydrogens (tertiary/aromatic N) is 2. The average Bonchev–Trinajstić information content (AvgIpc) is 2.39. The van der Waals surface area contributed by atoms with Crippen molar-refractivity contribution in [1.29, 1.82) is 0 Å². The Morgan fingerprint density at radius 3 is 2.27 bits per heavy atom. The Kier molecular flexibility index (Phi) is 3.49. The third kappa shape index (κ3) is 2.36. The molecule has 1 atom stereocenters. The van der Waals surface area contributed by atoms with Gasteiger partial charge in [0.15, 0.2) is 0 Å². The average molecular weight is 229 g/mol. The zero-order valence-corrected chi connectivity index (χ0v) is 11.3. The maximum absolute atomic E-state index is 6.33. The molecule has 0 radical (unpaired) electrons. The molecule has 86 valence electrons. The molecule has 1 unspecified atom stereocenters. The predicted molar refractivity (Wildman–Crippen MR) is 65.5 cm³/mol. The molecule has 0 aliphatic rings. The number of rotatable bonds is 2. The van der Waals surface area contributed by atoms with Crippen molar-refractivity contribution in [3.63, 3.8) is 0 Å². The van der Waals surface area contributed by atoms with Gasteiger partial charge in [0.25, 0.3) is 0 Å². The summed E-state index contributed by atoms with van der Waals surface area (Å²) in [6.45, 7) is 12.9. The Labute approximate surface area is 97.6 Å². The van der Waals surface area contributed by atoms with E-state index in [-0.39, 0.29) is 5.41 Å². The summed E-state index contributed by atoms with van der Waals surface area (Å²) in [6, 6.07) is 0.309. The second-order valence-electron chi connectivity index (χ2n) is 5.19. The lowest BCUT2D eigenvalue weighted by Crippen LogP contribution is -2.22. The van der Waals surface area contributed by atoms with Gasteiger partial charge >= 0.3 is 0 Å². The first-order chi connectivity index (χ1) is 6.79. The summed E-state index contributed by atoms with van der Waals surface area (Å²) in [4.78, 5) is 0. The summed E-state index contributed by atoms with van der Waals surface area (Å²) < 4.78 is 1.95. The summed E-state index contributed by atoms with van der Waals surface area (Å²) >= 11 is 6.33. The van der Waals surface area contributed by atoms with Crippen LogP contribution in [0.25, 0.3) is 0 Å². The summed E-state index contributed by atoms with van der Waals surface area (Å²) in [5.41, 5.74) is 2.40. The van der Waals surface area contributed by atoms with Crippen LogP contribution in [0, 0.1) is 12.3 Å². The second kappa shape index (κ2) is 4.17. The van der Waals surface area contributed by atoms with E-state index in [1.54, 1.807) is 0 Å². The lowest BCUT2D eigenvalue weighted by atomic mass is 9.88. The van der Waals surface area contributed by atoms with Crippen LogP contribution in [0.3, 0.4) is 0 Å². The first-order valence-electron chi connectivity index (χ1n) is 5.52. The first-order valence-corrected chi connectivity index (χ1v) is 5.90. The minimum Gasteiger partial charge on any atom is -0.250 e. The van der Waals surface area contributed by atoms with Crippen molar-refractivity contribution in [2.75, 3.05) is 0 Å². The molecule has 0 aliphatic heterocycles. The molecule has 0 saturated carbocycles. The molecule has 0 N–H and O–H groups in total. The van der Waals surface area contributed by atoms with Gasteiger partial charge in [-0.05, 0) is 25.7 Å². The molecular weight excluding hydrogens is 208 g/mol. The predicted octanol–water partition coefficient (Wildman–Crippen LogP) is 4.01. The smallest absolute Gasteiger partial charge is 0.130 e. The van der Waals surface area contributed by atoms with E-state index in [1.807, 2.05) is 11.6 Å². The van der Waals surface area contributed by atoms with Gasteiger partial charge in [-0.2, -0.15) is 5.10 Å². The van der Waals surface area contributed by atoms with Crippen LogP contribution in [-0.2, 0) is 6.42 Å². The Bertz CT molecular complexity index is 347. The number of aryl methyl sites for hydroxylation is 1. The van der Waals surface area contributed by atoms with E-state index in [2.05, 4.69) is 39.7 Å². The molecule has 0 saturated heterocycles. The lowest BCUT2D eigenvalue weighted by Gasteiger charge is -2.28. The maximum atomic E-state index is 6.33. The summed E-state index contributed by atoms with van der Waals surface area (Å²) in [5.74, 6) is 0. The molecule has 0 aromatic carbocycles. The van der Waals surface area contributed by atoms with Crippen molar-refractivity contribution < 1.29 is 0 Å². The zero-order chi connectivity index (χ0) is 11.8. The first kappa shape index (κ1) is 12.6. The highest BCUT2D eigenvalue weighted by molar-refractivity contribution is 6.30. The minimum atomic E-state index is 0.174. The second-order valence-corrected chi connectivity index (χ2v) is 5.55. The van der Waals surface area contributed by atoms with Crippen molar-refractivity contribution in [2.45, 2.75) is 54.0 Å². The molecule has 0 aliphatic carbocycles. The van der Waals surface area contributed by atoms with E-state index in [1.165, 1.54) is 5.56 Å². The largest absolute Gasteiger partial charge is 0.250 e. The van der Waals surface area contributed by atoms with E-state index in [4.69, 9.17) is 11.6 Å². The van der Waals surface area contributed by atoms with Crippen molar-refractivity contribution in [2.24, 2.45) is 5.41 Å². The molecule has 1 rings (SSSR count). The van der Waals surface area contributed by atoms with E-state index in [0.29, 0.717) is 6.04 Å². The van der Waals surface area contributed by atoms with Crippen LogP contribution in [0.1, 0.15) is 51.9 Å². The van der Waals surface area contributed by atoms with E-state index < -0.39 is 0 Å². The molecule has 2 nitrogen and oxygen atoms in total. The normalized spacial score (nSPS) is 14.3. The van der Waals surface area contributed by atoms with Gasteiger partial charge in [0.05, 0.1) is 11.7 Å². The highest BCUT2D eigenvalue weighted by Crippen LogP contribution is 2.33. The van der Waals surface area contributed by atoms with E-state index in [0.717, 1.165) is 17.3 Å². The van der Waals surface area contributed by atoms with Gasteiger partial charge in [0.1, 0.15) is 5.15 Å². The lowest BCUT2D eigenvalue weighted by molar-refractivity contribution is 0.244. The van der Waals surface area contributed by atoms with Crippen molar-refractivity contribution in [3.05, 3.63) is 16.4 Å². The SMILES string of the molecule is CCc1c(C)nn(C(C)C(C)(C)C)c1Cl. The molecule has 0 fully saturated rings. The number of hydrogen-bond acceptors (Lipinski definition) is 1. The van der Waals surface area contributed by atoms with Gasteiger partial charge in [-0.15, -0.1) is 0 Å². The molecule has 0 spiro atoms. The van der Waals surface area contributed by atoms with Crippen LogP contribution in [0.15, 0.2) is 0 Å². The topological polar surface area (TPSA) is 17.8 Å². The Balaban J connectivity index is 3.16. The Morgan fingerprint density at radius 2 is 1.93 bits per heavy atom. The number of aromatic nitrogens is 2. The molecule has 1 aromatic heterocycles. The molecule has 1 heterocycles. The fourth-order valence-corrected chi connectivity index (χ4v) is 2.03. The number of halogens is 1. The zero-order valence-electron chi connectivity index (χ0n) is 10.6. The summed E-state index contributed by atoms with van der Waals surface area (Å²) in [5, 5.41) is 5.34. The Hall–Kier alpha value is -0.500. The molecular formula is C12H21ClN2. The molecule has 0 bridgehead atoms. The van der Waals surface area contributed by atoms with Crippen LogP contribution in [0.5, 0.6) is 0 Å². The third-order valence-electron chi connectivity index (χ3n) is 3.12. The van der Waals surface area contributed by atoms with Gasteiger partial charge in [-0.3, -0.25) is 4.68 Å². The van der Waals surface area contributed by atoms with Gasteiger partial charge in [-0.1, -0.05) is 39.3 Å². The molecule has 3 heteroatoms. The highest BCUT2D eigenvalue weighted by atomic mass is 35.5. The quantitative estimate of drug-likeness (QED) is 0.748. The van der Waals surface area contributed by atoms with E-state index >= 15 is 0 Å². The van der Waals surface area contributed by atoms with Crippen LogP contribution in [0.2, 0.25) is 5.15 Å². The van der Waals surface area contributed by atoms with E-state index in [9.17, 15) is 0 Å². The number of hydrogen-bond donors (Lipinski definition) is 0. The van der Waals surface area contributed by atoms with Gasteiger partial charge in [-0.25, -0.2) is 0 Å². The molecule has 15 heavy (non-hydrogen) atoms. The molecule has 0 amide bonds. The third-order valence-corrected chi connectivity index (χ3v) is 3.52. The van der Waals surface area contributed by atoms with Gasteiger partial charge < -0.3 is 0 Å². The van der Waals surface area contributed by atoms with Crippen LogP contribution in [-0.4, -0.2) is 9.78 Å². The Morgan fingerprint density at radius 1 is 1.40 bits per heavy atom. The summed E-state index contributed by atoms with van der Waals surface area (Å²) in [6.07, 6.45) is 0.946. The highest BCUT2D eigenvalue weighted by Gasteiger charge is 2.25. The van der Waals surface area contributed by atoms with Crippen molar-refractivity contribution >= 4 is 11.6 Å². The van der Waals surface area contributed by atoms with Crippen LogP contribution < -0.4 is 0 Å². The fraction of sp³-hybridized carbons (Fsp3) is 0.750. The van der Waals surface area contributed by atoms with Crippen LogP contribution >= 0.6 is 11.6 Å². The van der Waals surface area contributed by atoms with Crippen LogP contribution in [0.4, 0.5) is 0 Å². The van der Waals surface area contributed by atoms with Crippen molar-refractivity contribution in [3.8, 4) is 0 Å². The van der Waals surface area contributed by atoms with Gasteiger partial charge in [0.2, 0.25) is 0 Å². The monoisotopic (exact) mass is 228 g/mol. The summed E-state index contributed by atoms with van der Waals surface area (Å²) in [7, 11) is 0.